The van der Waals surface area contributed by atoms with Gasteiger partial charge in [-0.2, -0.15) is 5.10 Å². The Kier molecular flexibility index (Phi) is 2.93. The molecule has 0 fully saturated rings. The van der Waals surface area contributed by atoms with E-state index in [1.165, 1.54) is 11.6 Å². The molecular formula is C12H12N2O. The summed E-state index contributed by atoms with van der Waals surface area (Å²) in [6.45, 7) is 0. The molecule has 0 spiro atoms. The average molecular weight is 200 g/mol. The summed E-state index contributed by atoms with van der Waals surface area (Å²) in [6, 6.07) is 13.5. The van der Waals surface area contributed by atoms with E-state index in [0.717, 1.165) is 18.5 Å². The van der Waals surface area contributed by atoms with Crippen molar-refractivity contribution in [3.63, 3.8) is 0 Å². The third-order valence-corrected chi connectivity index (χ3v) is 2.25. The standard InChI is InChI=1S/C12H12N2O/c15-12-9-8-11(13-14-12)7-6-10-4-2-1-3-5-10/h1-5,8-9H,6-7H2,(H,14,15). The van der Waals surface area contributed by atoms with Crippen LogP contribution in [0.15, 0.2) is 47.3 Å². The molecule has 0 unspecified atom stereocenters. The Balaban J connectivity index is 1.99. The number of benzene rings is 1. The van der Waals surface area contributed by atoms with Gasteiger partial charge in [-0.05, 0) is 24.5 Å². The first kappa shape index (κ1) is 9.65. The fraction of sp³-hybridized carbons (Fsp3) is 0.167. The summed E-state index contributed by atoms with van der Waals surface area (Å²) < 4.78 is 0. The molecular weight excluding hydrogens is 188 g/mol. The molecule has 2 rings (SSSR count). The number of rotatable bonds is 3. The summed E-state index contributed by atoms with van der Waals surface area (Å²) in [4.78, 5) is 10.8. The first-order valence-electron chi connectivity index (χ1n) is 4.93. The van der Waals surface area contributed by atoms with Gasteiger partial charge in [0, 0.05) is 6.07 Å². The third kappa shape index (κ3) is 2.77. The van der Waals surface area contributed by atoms with Crippen molar-refractivity contribution in [2.75, 3.05) is 0 Å². The molecule has 0 saturated carbocycles. The minimum Gasteiger partial charge on any atom is -0.268 e. The summed E-state index contributed by atoms with van der Waals surface area (Å²) in [7, 11) is 0. The third-order valence-electron chi connectivity index (χ3n) is 2.25. The number of nitrogens with zero attached hydrogens (tertiary/aromatic N) is 1. The van der Waals surface area contributed by atoms with Crippen molar-refractivity contribution < 1.29 is 0 Å². The number of hydrogen-bond donors (Lipinski definition) is 1. The second kappa shape index (κ2) is 4.55. The van der Waals surface area contributed by atoms with Crippen LogP contribution in [0.4, 0.5) is 0 Å². The molecule has 0 aliphatic rings. The second-order valence-electron chi connectivity index (χ2n) is 3.40. The predicted octanol–water partition coefficient (Wildman–Crippen LogP) is 1.56. The Labute approximate surface area is 87.8 Å². The zero-order valence-corrected chi connectivity index (χ0v) is 8.31. The van der Waals surface area contributed by atoms with Gasteiger partial charge in [0.25, 0.3) is 5.56 Å². The van der Waals surface area contributed by atoms with Crippen LogP contribution in [0.1, 0.15) is 11.3 Å². The van der Waals surface area contributed by atoms with E-state index in [1.807, 2.05) is 18.2 Å². The molecule has 3 nitrogen and oxygen atoms in total. The van der Waals surface area contributed by atoms with E-state index in [-0.39, 0.29) is 5.56 Å². The zero-order valence-electron chi connectivity index (χ0n) is 8.31. The van der Waals surface area contributed by atoms with E-state index in [1.54, 1.807) is 6.07 Å². The number of nitrogens with one attached hydrogen (secondary N) is 1. The minimum absolute atomic E-state index is 0.154. The van der Waals surface area contributed by atoms with Crippen molar-refractivity contribution in [3.05, 3.63) is 64.1 Å². The molecule has 0 saturated heterocycles. The summed E-state index contributed by atoms with van der Waals surface area (Å²) >= 11 is 0. The Bertz CT molecular complexity index is 456. The first-order valence-corrected chi connectivity index (χ1v) is 4.93. The van der Waals surface area contributed by atoms with Gasteiger partial charge in [0.2, 0.25) is 0 Å². The Hall–Kier alpha value is -1.90. The van der Waals surface area contributed by atoms with Crippen LogP contribution in [-0.4, -0.2) is 10.2 Å². The number of aryl methyl sites for hydroxylation is 2. The van der Waals surface area contributed by atoms with Gasteiger partial charge < -0.3 is 0 Å². The van der Waals surface area contributed by atoms with Crippen molar-refractivity contribution in [2.45, 2.75) is 12.8 Å². The normalized spacial score (nSPS) is 10.1. The topological polar surface area (TPSA) is 45.8 Å². The highest BCUT2D eigenvalue weighted by atomic mass is 16.1. The smallest absolute Gasteiger partial charge is 0.264 e. The summed E-state index contributed by atoms with van der Waals surface area (Å²) in [5.41, 5.74) is 2.04. The van der Waals surface area contributed by atoms with Crippen LogP contribution >= 0.6 is 0 Å². The molecule has 0 atom stereocenters. The SMILES string of the molecule is O=c1ccc(CCc2ccccc2)n[nH]1. The van der Waals surface area contributed by atoms with Gasteiger partial charge in [-0.1, -0.05) is 30.3 Å². The van der Waals surface area contributed by atoms with E-state index < -0.39 is 0 Å². The molecule has 2 aromatic rings. The highest BCUT2D eigenvalue weighted by molar-refractivity contribution is 5.16. The van der Waals surface area contributed by atoms with E-state index in [9.17, 15) is 4.79 Å². The van der Waals surface area contributed by atoms with Crippen molar-refractivity contribution in [3.8, 4) is 0 Å². The highest BCUT2D eigenvalue weighted by Crippen LogP contribution is 2.03. The fourth-order valence-corrected chi connectivity index (χ4v) is 1.43. The molecule has 1 aromatic heterocycles. The van der Waals surface area contributed by atoms with Crippen LogP contribution < -0.4 is 5.56 Å². The Morgan fingerprint density at radius 1 is 1.00 bits per heavy atom. The van der Waals surface area contributed by atoms with Gasteiger partial charge in [-0.3, -0.25) is 4.79 Å². The molecule has 1 N–H and O–H groups in total. The van der Waals surface area contributed by atoms with Gasteiger partial charge in [0.1, 0.15) is 0 Å². The fourth-order valence-electron chi connectivity index (χ4n) is 1.43. The molecule has 0 amide bonds. The summed E-state index contributed by atoms with van der Waals surface area (Å²) in [5.74, 6) is 0. The Morgan fingerprint density at radius 3 is 2.47 bits per heavy atom. The van der Waals surface area contributed by atoms with E-state index >= 15 is 0 Å². The highest BCUT2D eigenvalue weighted by Gasteiger charge is 1.96. The maximum absolute atomic E-state index is 10.8. The monoisotopic (exact) mass is 200 g/mol. The molecule has 3 heteroatoms. The van der Waals surface area contributed by atoms with Gasteiger partial charge in [0.15, 0.2) is 0 Å². The lowest BCUT2D eigenvalue weighted by Gasteiger charge is -1.99. The van der Waals surface area contributed by atoms with Crippen molar-refractivity contribution in [1.82, 2.24) is 10.2 Å². The number of aromatic amines is 1. The average Bonchev–Trinajstić information content (AvgIpc) is 2.30. The maximum atomic E-state index is 10.8. The molecule has 15 heavy (non-hydrogen) atoms. The largest absolute Gasteiger partial charge is 0.268 e. The van der Waals surface area contributed by atoms with Crippen molar-refractivity contribution in [2.24, 2.45) is 0 Å². The lowest BCUT2D eigenvalue weighted by atomic mass is 10.1. The van der Waals surface area contributed by atoms with Gasteiger partial charge in [0.05, 0.1) is 5.69 Å². The molecule has 0 radical (unpaired) electrons. The van der Waals surface area contributed by atoms with Gasteiger partial charge >= 0.3 is 0 Å². The van der Waals surface area contributed by atoms with Crippen LogP contribution in [0.25, 0.3) is 0 Å². The van der Waals surface area contributed by atoms with Gasteiger partial charge in [-0.25, -0.2) is 5.10 Å². The van der Waals surface area contributed by atoms with Crippen LogP contribution in [0.2, 0.25) is 0 Å². The number of H-pyrrole nitrogens is 1. The Morgan fingerprint density at radius 2 is 1.80 bits per heavy atom. The molecule has 76 valence electrons. The first-order chi connectivity index (χ1) is 7.34. The van der Waals surface area contributed by atoms with E-state index in [2.05, 4.69) is 22.3 Å². The van der Waals surface area contributed by atoms with Crippen molar-refractivity contribution in [1.29, 1.82) is 0 Å². The van der Waals surface area contributed by atoms with Crippen LogP contribution in [0, 0.1) is 0 Å². The molecule has 0 bridgehead atoms. The van der Waals surface area contributed by atoms with Crippen LogP contribution in [0.3, 0.4) is 0 Å². The predicted molar refractivity (Wildman–Crippen MR) is 58.7 cm³/mol. The molecule has 1 aromatic carbocycles. The second-order valence-corrected chi connectivity index (χ2v) is 3.40. The summed E-state index contributed by atoms with van der Waals surface area (Å²) in [6.07, 6.45) is 1.79. The van der Waals surface area contributed by atoms with E-state index in [0.29, 0.717) is 0 Å². The maximum Gasteiger partial charge on any atom is 0.264 e. The van der Waals surface area contributed by atoms with Gasteiger partial charge in [-0.15, -0.1) is 0 Å². The molecule has 0 aliphatic carbocycles. The van der Waals surface area contributed by atoms with Crippen LogP contribution in [0.5, 0.6) is 0 Å². The van der Waals surface area contributed by atoms with Crippen LogP contribution in [-0.2, 0) is 12.8 Å². The summed E-state index contributed by atoms with van der Waals surface area (Å²) in [5, 5.41) is 6.39. The number of aromatic nitrogens is 2. The zero-order chi connectivity index (χ0) is 10.5. The lowest BCUT2D eigenvalue weighted by molar-refractivity contribution is 0.846. The molecule has 0 aliphatic heterocycles. The van der Waals surface area contributed by atoms with Crippen molar-refractivity contribution >= 4 is 0 Å². The molecule has 1 heterocycles. The quantitative estimate of drug-likeness (QED) is 0.817. The lowest BCUT2D eigenvalue weighted by Crippen LogP contribution is -2.08. The number of hydrogen-bond acceptors (Lipinski definition) is 2. The minimum atomic E-state index is -0.154. The van der Waals surface area contributed by atoms with E-state index in [4.69, 9.17) is 0 Å².